The van der Waals surface area contributed by atoms with Gasteiger partial charge in [-0.1, -0.05) is 34.1 Å². The Morgan fingerprint density at radius 2 is 1.68 bits per heavy atom. The minimum absolute atomic E-state index is 0.269. The second-order valence-electron chi connectivity index (χ2n) is 4.12. The minimum atomic E-state index is -3.73. The van der Waals surface area contributed by atoms with Gasteiger partial charge in [-0.2, -0.15) is 0 Å². The number of rotatable bonds is 6. The summed E-state index contributed by atoms with van der Waals surface area (Å²) in [6, 6.07) is 6.48. The van der Waals surface area contributed by atoms with E-state index in [9.17, 15) is 21.6 Å². The number of Topliss-reactive ketones (excluding diaryl/α,β-unsaturated/α-hetero) is 1. The number of hydrogen-bond donors (Lipinski definition) is 0. The maximum atomic E-state index is 11.8. The summed E-state index contributed by atoms with van der Waals surface area (Å²) in [6.45, 7) is 0. The number of ketones is 1. The lowest BCUT2D eigenvalue weighted by atomic mass is 10.1. The fourth-order valence-corrected chi connectivity index (χ4v) is 4.75. The molecule has 0 spiro atoms. The summed E-state index contributed by atoms with van der Waals surface area (Å²) in [5.41, 5.74) is 0.269. The summed E-state index contributed by atoms with van der Waals surface area (Å²) in [7, 11) is -7.09. The van der Waals surface area contributed by atoms with Crippen molar-refractivity contribution in [3.8, 4) is 0 Å². The van der Waals surface area contributed by atoms with Gasteiger partial charge in [0.2, 0.25) is 0 Å². The molecule has 0 N–H and O–H groups in total. The van der Waals surface area contributed by atoms with Gasteiger partial charge >= 0.3 is 0 Å². The van der Waals surface area contributed by atoms with Crippen molar-refractivity contribution < 1.29 is 21.6 Å². The molecule has 0 bridgehead atoms. The third-order valence-electron chi connectivity index (χ3n) is 2.29. The van der Waals surface area contributed by atoms with Crippen LogP contribution in [0.2, 0.25) is 0 Å². The normalized spacial score (nSPS) is 12.3. The predicted molar refractivity (Wildman–Crippen MR) is 76.8 cm³/mol. The first kappa shape index (κ1) is 16.3. The van der Waals surface area contributed by atoms with E-state index < -0.39 is 42.7 Å². The summed E-state index contributed by atoms with van der Waals surface area (Å²) in [5, 5.41) is 0. The van der Waals surface area contributed by atoms with Crippen LogP contribution in [0, 0.1) is 0 Å². The molecule has 0 aromatic heterocycles. The molecule has 0 fully saturated rings. The van der Waals surface area contributed by atoms with Gasteiger partial charge in [-0.15, -0.1) is 0 Å². The van der Waals surface area contributed by atoms with Gasteiger partial charge in [-0.3, -0.25) is 4.79 Å². The van der Waals surface area contributed by atoms with E-state index in [4.69, 9.17) is 0 Å². The van der Waals surface area contributed by atoms with Gasteiger partial charge in [-0.05, 0) is 6.07 Å². The fourth-order valence-electron chi connectivity index (χ4n) is 1.32. The molecule has 0 aliphatic carbocycles. The smallest absolute Gasteiger partial charge is 0.178 e. The highest BCUT2D eigenvalue weighted by atomic mass is 79.9. The van der Waals surface area contributed by atoms with E-state index in [1.807, 2.05) is 0 Å². The monoisotopic (exact) mass is 368 g/mol. The van der Waals surface area contributed by atoms with Crippen LogP contribution in [0.3, 0.4) is 0 Å². The average molecular weight is 369 g/mol. The zero-order chi connectivity index (χ0) is 14.7. The zero-order valence-electron chi connectivity index (χ0n) is 10.2. The third-order valence-corrected chi connectivity index (χ3v) is 5.71. The molecule has 19 heavy (non-hydrogen) atoms. The quantitative estimate of drug-likeness (QED) is 0.701. The number of benzene rings is 1. The standard InChI is InChI=1S/C11H13BrO5S2/c1-18(14,15)6-7-19(16,17)8-11(13)9-4-2-3-5-10(9)12/h2-5H,6-8H2,1H3. The lowest BCUT2D eigenvalue weighted by molar-refractivity contribution is 0.102. The second kappa shape index (κ2) is 6.15. The van der Waals surface area contributed by atoms with Crippen molar-refractivity contribution in [1.82, 2.24) is 0 Å². The largest absolute Gasteiger partial charge is 0.293 e. The van der Waals surface area contributed by atoms with Gasteiger partial charge in [0, 0.05) is 16.3 Å². The van der Waals surface area contributed by atoms with E-state index in [2.05, 4.69) is 15.9 Å². The lowest BCUT2D eigenvalue weighted by Crippen LogP contribution is -2.23. The Morgan fingerprint density at radius 1 is 1.11 bits per heavy atom. The molecule has 0 heterocycles. The number of carbonyl (C=O) groups is 1. The summed E-state index contributed by atoms with van der Waals surface area (Å²) in [5.74, 6) is -2.26. The van der Waals surface area contributed by atoms with Crippen LogP contribution in [0.15, 0.2) is 28.7 Å². The number of hydrogen-bond acceptors (Lipinski definition) is 5. The van der Waals surface area contributed by atoms with E-state index in [-0.39, 0.29) is 5.56 Å². The topological polar surface area (TPSA) is 85.3 Å². The predicted octanol–water partition coefficient (Wildman–Crippen LogP) is 1.09. The molecule has 5 nitrogen and oxygen atoms in total. The first-order valence-electron chi connectivity index (χ1n) is 5.26. The Bertz CT molecular complexity index is 677. The van der Waals surface area contributed by atoms with Crippen molar-refractivity contribution in [1.29, 1.82) is 0 Å². The van der Waals surface area contributed by atoms with E-state index in [1.54, 1.807) is 18.2 Å². The van der Waals surface area contributed by atoms with Crippen molar-refractivity contribution in [2.75, 3.05) is 23.5 Å². The van der Waals surface area contributed by atoms with Crippen LogP contribution in [0.4, 0.5) is 0 Å². The molecule has 1 aromatic rings. The maximum Gasteiger partial charge on any atom is 0.178 e. The van der Waals surface area contributed by atoms with Gasteiger partial charge in [0.05, 0.1) is 11.5 Å². The molecule has 106 valence electrons. The van der Waals surface area contributed by atoms with Gasteiger partial charge in [-0.25, -0.2) is 16.8 Å². The molecule has 1 rings (SSSR count). The minimum Gasteiger partial charge on any atom is -0.293 e. The number of sulfone groups is 2. The van der Waals surface area contributed by atoms with Crippen LogP contribution in [-0.4, -0.2) is 46.1 Å². The van der Waals surface area contributed by atoms with Gasteiger partial charge in [0.15, 0.2) is 15.6 Å². The fraction of sp³-hybridized carbons (Fsp3) is 0.364. The number of halogens is 1. The third kappa shape index (κ3) is 5.84. The molecule has 0 radical (unpaired) electrons. The molecule has 0 aliphatic rings. The van der Waals surface area contributed by atoms with Crippen molar-refractivity contribution in [2.45, 2.75) is 0 Å². The maximum absolute atomic E-state index is 11.8. The van der Waals surface area contributed by atoms with Crippen molar-refractivity contribution >= 4 is 41.4 Å². The molecule has 0 amide bonds. The molecule has 0 saturated heterocycles. The summed E-state index contributed by atoms with van der Waals surface area (Å²) < 4.78 is 45.7. The second-order valence-corrected chi connectivity index (χ2v) is 9.42. The van der Waals surface area contributed by atoms with Crippen LogP contribution in [0.5, 0.6) is 0 Å². The Morgan fingerprint density at radius 3 is 2.21 bits per heavy atom. The van der Waals surface area contributed by atoms with E-state index in [1.165, 1.54) is 6.07 Å². The van der Waals surface area contributed by atoms with Gasteiger partial charge < -0.3 is 0 Å². The average Bonchev–Trinajstić information content (AvgIpc) is 2.25. The summed E-state index contributed by atoms with van der Waals surface area (Å²) >= 11 is 3.16. The van der Waals surface area contributed by atoms with E-state index in [0.29, 0.717) is 4.47 Å². The molecule has 8 heteroatoms. The molecule has 0 unspecified atom stereocenters. The van der Waals surface area contributed by atoms with Gasteiger partial charge in [0.25, 0.3) is 0 Å². The Hall–Kier alpha value is -0.730. The van der Waals surface area contributed by atoms with E-state index in [0.717, 1.165) is 6.26 Å². The van der Waals surface area contributed by atoms with Gasteiger partial charge in [0.1, 0.15) is 15.6 Å². The lowest BCUT2D eigenvalue weighted by Gasteiger charge is -2.05. The van der Waals surface area contributed by atoms with Crippen LogP contribution >= 0.6 is 15.9 Å². The SMILES string of the molecule is CS(=O)(=O)CCS(=O)(=O)CC(=O)c1ccccc1Br. The molecular weight excluding hydrogens is 356 g/mol. The van der Waals surface area contributed by atoms with Crippen molar-refractivity contribution in [3.05, 3.63) is 34.3 Å². The highest BCUT2D eigenvalue weighted by molar-refractivity contribution is 9.10. The van der Waals surface area contributed by atoms with Crippen LogP contribution < -0.4 is 0 Å². The Balaban J connectivity index is 2.80. The highest BCUT2D eigenvalue weighted by Crippen LogP contribution is 2.17. The zero-order valence-corrected chi connectivity index (χ0v) is 13.4. The highest BCUT2D eigenvalue weighted by Gasteiger charge is 2.21. The molecule has 0 aliphatic heterocycles. The molecule has 0 atom stereocenters. The summed E-state index contributed by atoms with van der Waals surface area (Å²) in [4.78, 5) is 11.8. The van der Waals surface area contributed by atoms with Crippen LogP contribution in [0.25, 0.3) is 0 Å². The Labute approximate surface area is 121 Å². The van der Waals surface area contributed by atoms with Crippen LogP contribution in [-0.2, 0) is 19.7 Å². The van der Waals surface area contributed by atoms with E-state index >= 15 is 0 Å². The van der Waals surface area contributed by atoms with Crippen molar-refractivity contribution in [3.63, 3.8) is 0 Å². The first-order valence-corrected chi connectivity index (χ1v) is 9.94. The first-order chi connectivity index (χ1) is 8.61. The van der Waals surface area contributed by atoms with Crippen LogP contribution in [0.1, 0.15) is 10.4 Å². The summed E-state index contributed by atoms with van der Waals surface area (Å²) in [6.07, 6.45) is 0.956. The Kier molecular flexibility index (Phi) is 5.28. The molecular formula is C11H13BrO5S2. The van der Waals surface area contributed by atoms with Crippen molar-refractivity contribution in [2.24, 2.45) is 0 Å². The number of carbonyl (C=O) groups excluding carboxylic acids is 1. The molecule has 0 saturated carbocycles. The molecule has 1 aromatic carbocycles.